The molecule has 0 aliphatic rings. The van der Waals surface area contributed by atoms with Crippen LogP contribution in [0.4, 0.5) is 4.39 Å². The third kappa shape index (κ3) is 4.04. The first-order chi connectivity index (χ1) is 9.60. The molecule has 0 saturated carbocycles. The molecule has 108 valence electrons. The lowest BCUT2D eigenvalue weighted by molar-refractivity contribution is 0.302. The molecular weight excluding hydrogens is 341 g/mol. The van der Waals surface area contributed by atoms with Crippen molar-refractivity contribution in [2.45, 2.75) is 26.5 Å². The summed E-state index contributed by atoms with van der Waals surface area (Å²) >= 11 is 5.07. The highest BCUT2D eigenvalue weighted by atomic mass is 79.9. The minimum atomic E-state index is -0.240. The fourth-order valence-corrected chi connectivity index (χ4v) is 3.38. The zero-order chi connectivity index (χ0) is 14.5. The number of benzene rings is 1. The Hall–Kier alpha value is -0.910. The van der Waals surface area contributed by atoms with Crippen LogP contribution in [0.15, 0.2) is 34.1 Å². The smallest absolute Gasteiger partial charge is 0.124 e. The molecule has 0 saturated heterocycles. The van der Waals surface area contributed by atoms with Gasteiger partial charge in [-0.15, -0.1) is 11.3 Å². The minimum Gasteiger partial charge on any atom is -0.488 e. The number of thiophene rings is 1. The molecular formula is C15H17BrFNOS. The molecule has 2 aromatic rings. The fraction of sp³-hybridized carbons (Fsp3) is 0.333. The summed E-state index contributed by atoms with van der Waals surface area (Å²) in [4.78, 5) is 1.13. The van der Waals surface area contributed by atoms with Gasteiger partial charge in [0, 0.05) is 16.5 Å². The van der Waals surface area contributed by atoms with Gasteiger partial charge >= 0.3 is 0 Å². The first-order valence-electron chi connectivity index (χ1n) is 6.50. The predicted octanol–water partition coefficient (Wildman–Crippen LogP) is 4.90. The van der Waals surface area contributed by atoms with Crippen LogP contribution in [0.1, 0.15) is 30.3 Å². The average molecular weight is 358 g/mol. The Kier molecular flexibility index (Phi) is 5.57. The monoisotopic (exact) mass is 357 g/mol. The molecule has 0 aliphatic heterocycles. The summed E-state index contributed by atoms with van der Waals surface area (Å²) in [6.07, 6.45) is 0. The van der Waals surface area contributed by atoms with Gasteiger partial charge < -0.3 is 10.1 Å². The summed E-state index contributed by atoms with van der Waals surface area (Å²) in [5, 5.41) is 3.28. The first kappa shape index (κ1) is 15.5. The van der Waals surface area contributed by atoms with Gasteiger partial charge in [0.05, 0.1) is 3.79 Å². The van der Waals surface area contributed by atoms with Crippen molar-refractivity contribution in [3.63, 3.8) is 0 Å². The minimum absolute atomic E-state index is 0.0563. The zero-order valence-electron chi connectivity index (χ0n) is 11.5. The van der Waals surface area contributed by atoms with Crippen LogP contribution in [-0.2, 0) is 6.61 Å². The van der Waals surface area contributed by atoms with Crippen molar-refractivity contribution in [3.8, 4) is 5.75 Å². The van der Waals surface area contributed by atoms with E-state index in [9.17, 15) is 4.39 Å². The molecule has 0 aliphatic carbocycles. The van der Waals surface area contributed by atoms with Crippen LogP contribution in [0, 0.1) is 5.82 Å². The number of nitrogens with one attached hydrogen (secondary N) is 1. The fourth-order valence-electron chi connectivity index (χ4n) is 1.98. The number of hydrogen-bond donors (Lipinski definition) is 1. The van der Waals surface area contributed by atoms with Crippen LogP contribution in [-0.4, -0.2) is 6.54 Å². The third-order valence-corrected chi connectivity index (χ3v) is 4.54. The van der Waals surface area contributed by atoms with Gasteiger partial charge in [0.2, 0.25) is 0 Å². The molecule has 0 radical (unpaired) electrons. The van der Waals surface area contributed by atoms with E-state index >= 15 is 0 Å². The largest absolute Gasteiger partial charge is 0.488 e. The summed E-state index contributed by atoms with van der Waals surface area (Å²) in [6.45, 7) is 5.36. The predicted molar refractivity (Wildman–Crippen MR) is 84.8 cm³/mol. The van der Waals surface area contributed by atoms with Crippen molar-refractivity contribution in [1.82, 2.24) is 5.32 Å². The highest BCUT2D eigenvalue weighted by Gasteiger charge is 2.12. The van der Waals surface area contributed by atoms with Crippen LogP contribution in [0.25, 0.3) is 0 Å². The van der Waals surface area contributed by atoms with Crippen LogP contribution in [0.3, 0.4) is 0 Å². The molecule has 2 nitrogen and oxygen atoms in total. The van der Waals surface area contributed by atoms with Gasteiger partial charge in [-0.2, -0.15) is 0 Å². The summed E-state index contributed by atoms with van der Waals surface area (Å²) in [5.74, 6) is 0.486. The normalized spacial score (nSPS) is 12.4. The first-order valence-corrected chi connectivity index (χ1v) is 8.11. The topological polar surface area (TPSA) is 21.3 Å². The van der Waals surface area contributed by atoms with Crippen LogP contribution in [0.5, 0.6) is 5.75 Å². The maximum Gasteiger partial charge on any atom is 0.124 e. The Morgan fingerprint density at radius 1 is 1.35 bits per heavy atom. The molecule has 1 atom stereocenters. The number of hydrogen-bond acceptors (Lipinski definition) is 3. The Bertz CT molecular complexity index is 573. The van der Waals surface area contributed by atoms with Gasteiger partial charge in [-0.3, -0.25) is 0 Å². The number of rotatable bonds is 6. The van der Waals surface area contributed by atoms with Gasteiger partial charge in [0.25, 0.3) is 0 Å². The molecule has 0 spiro atoms. The molecule has 1 aromatic carbocycles. The third-order valence-electron chi connectivity index (χ3n) is 2.95. The van der Waals surface area contributed by atoms with Crippen molar-refractivity contribution in [2.75, 3.05) is 6.54 Å². The SMILES string of the molecule is CCNC(C)c1cc(F)ccc1OCc1ccc(Br)s1. The molecule has 1 unspecified atom stereocenters. The van der Waals surface area contributed by atoms with Gasteiger partial charge in [0.15, 0.2) is 0 Å². The highest BCUT2D eigenvalue weighted by molar-refractivity contribution is 9.11. The van der Waals surface area contributed by atoms with E-state index in [1.165, 1.54) is 12.1 Å². The Labute approximate surface area is 131 Å². The summed E-state index contributed by atoms with van der Waals surface area (Å²) < 4.78 is 20.3. The van der Waals surface area contributed by atoms with Gasteiger partial charge in [-0.1, -0.05) is 6.92 Å². The lowest BCUT2D eigenvalue weighted by Gasteiger charge is -2.17. The van der Waals surface area contributed by atoms with Crippen LogP contribution < -0.4 is 10.1 Å². The molecule has 20 heavy (non-hydrogen) atoms. The molecule has 0 fully saturated rings. The van der Waals surface area contributed by atoms with Crippen LogP contribution in [0.2, 0.25) is 0 Å². The average Bonchev–Trinajstić information content (AvgIpc) is 2.83. The summed E-state index contributed by atoms with van der Waals surface area (Å²) in [6, 6.07) is 8.73. The number of halogens is 2. The van der Waals surface area contributed by atoms with E-state index in [-0.39, 0.29) is 11.9 Å². The Morgan fingerprint density at radius 3 is 2.80 bits per heavy atom. The van der Waals surface area contributed by atoms with E-state index in [1.54, 1.807) is 17.4 Å². The molecule has 0 amide bonds. The molecule has 0 bridgehead atoms. The quantitative estimate of drug-likeness (QED) is 0.793. The molecule has 5 heteroatoms. The highest BCUT2D eigenvalue weighted by Crippen LogP contribution is 2.28. The van der Waals surface area contributed by atoms with Crippen molar-refractivity contribution in [2.24, 2.45) is 0 Å². The Balaban J connectivity index is 2.13. The van der Waals surface area contributed by atoms with Crippen LogP contribution >= 0.6 is 27.3 Å². The van der Waals surface area contributed by atoms with E-state index in [0.717, 1.165) is 26.5 Å². The summed E-state index contributed by atoms with van der Waals surface area (Å²) in [7, 11) is 0. The van der Waals surface area contributed by atoms with Crippen molar-refractivity contribution >= 4 is 27.3 Å². The second-order valence-electron chi connectivity index (χ2n) is 4.46. The van der Waals surface area contributed by atoms with E-state index < -0.39 is 0 Å². The van der Waals surface area contributed by atoms with E-state index in [1.807, 2.05) is 26.0 Å². The van der Waals surface area contributed by atoms with Crippen molar-refractivity contribution in [1.29, 1.82) is 0 Å². The maximum absolute atomic E-state index is 13.4. The van der Waals surface area contributed by atoms with E-state index in [2.05, 4.69) is 21.2 Å². The molecule has 1 heterocycles. The Morgan fingerprint density at radius 2 is 2.15 bits per heavy atom. The van der Waals surface area contributed by atoms with Gasteiger partial charge in [-0.25, -0.2) is 4.39 Å². The number of ether oxygens (including phenoxy) is 1. The van der Waals surface area contributed by atoms with E-state index in [0.29, 0.717) is 6.61 Å². The van der Waals surface area contributed by atoms with Gasteiger partial charge in [-0.05, 0) is 59.7 Å². The second kappa shape index (κ2) is 7.20. The second-order valence-corrected chi connectivity index (χ2v) is 7.00. The van der Waals surface area contributed by atoms with E-state index in [4.69, 9.17) is 4.74 Å². The molecule has 1 N–H and O–H groups in total. The lowest BCUT2D eigenvalue weighted by atomic mass is 10.1. The standard InChI is InChI=1S/C15H17BrFNOS/c1-3-18-10(2)13-8-11(17)4-6-14(13)19-9-12-5-7-15(16)20-12/h4-8,10,18H,3,9H2,1-2H3. The molecule has 1 aromatic heterocycles. The van der Waals surface area contributed by atoms with Crippen molar-refractivity contribution in [3.05, 3.63) is 50.4 Å². The lowest BCUT2D eigenvalue weighted by Crippen LogP contribution is -2.18. The zero-order valence-corrected chi connectivity index (χ0v) is 13.9. The maximum atomic E-state index is 13.4. The van der Waals surface area contributed by atoms with Gasteiger partial charge in [0.1, 0.15) is 18.2 Å². The molecule has 2 rings (SSSR count). The summed E-state index contributed by atoms with van der Waals surface area (Å²) in [5.41, 5.74) is 0.850. The van der Waals surface area contributed by atoms with Crippen molar-refractivity contribution < 1.29 is 9.13 Å².